The zero-order valence-electron chi connectivity index (χ0n) is 11.2. The molecular weight excluding hydrogens is 186 g/mol. The normalized spacial score (nSPS) is 14.0. The highest BCUT2D eigenvalue weighted by molar-refractivity contribution is 5.80. The number of hydrogen-bond donors (Lipinski definition) is 1. The maximum absolute atomic E-state index is 4.56. The summed E-state index contributed by atoms with van der Waals surface area (Å²) in [5, 5.41) is 3.08. The van der Waals surface area contributed by atoms with Crippen molar-refractivity contribution in [3.8, 4) is 0 Å². The smallest absolute Gasteiger partial charge is 0.198 e. The molecule has 3 nitrogen and oxygen atoms in total. The first kappa shape index (κ1) is 14.0. The average molecular weight is 211 g/mol. The Hall–Kier alpha value is -0.990. The van der Waals surface area contributed by atoms with Gasteiger partial charge in [0, 0.05) is 26.8 Å². The maximum atomic E-state index is 4.56. The minimum Gasteiger partial charge on any atom is -0.359 e. The molecule has 88 valence electrons. The van der Waals surface area contributed by atoms with E-state index in [2.05, 4.69) is 38.0 Å². The lowest BCUT2D eigenvalue weighted by Gasteiger charge is -2.16. The van der Waals surface area contributed by atoms with E-state index in [1.807, 2.05) is 26.0 Å². The highest BCUT2D eigenvalue weighted by Crippen LogP contribution is 2.15. The van der Waals surface area contributed by atoms with Crippen molar-refractivity contribution in [3.05, 3.63) is 11.3 Å². The van der Waals surface area contributed by atoms with Gasteiger partial charge in [0.15, 0.2) is 5.96 Å². The number of rotatable bonds is 3. The third kappa shape index (κ3) is 5.45. The molecule has 0 aliphatic rings. The summed E-state index contributed by atoms with van der Waals surface area (Å²) in [4.78, 5) is 6.54. The van der Waals surface area contributed by atoms with Crippen molar-refractivity contribution in [2.75, 3.05) is 21.1 Å². The fraction of sp³-hybridized carbons (Fsp3) is 0.750. The predicted molar refractivity (Wildman–Crippen MR) is 68.0 cm³/mol. The van der Waals surface area contributed by atoms with E-state index in [4.69, 9.17) is 0 Å². The van der Waals surface area contributed by atoms with Crippen molar-refractivity contribution in [1.29, 1.82) is 0 Å². The van der Waals surface area contributed by atoms with E-state index < -0.39 is 0 Å². The Kier molecular flexibility index (Phi) is 6.06. The molecule has 0 heterocycles. The van der Waals surface area contributed by atoms with E-state index in [0.717, 1.165) is 18.1 Å². The molecule has 0 unspecified atom stereocenters. The minimum atomic E-state index is 0.688. The molecule has 0 saturated heterocycles. The van der Waals surface area contributed by atoms with Crippen LogP contribution in [-0.4, -0.2) is 32.0 Å². The van der Waals surface area contributed by atoms with E-state index >= 15 is 0 Å². The van der Waals surface area contributed by atoms with E-state index in [1.165, 1.54) is 5.57 Å². The summed E-state index contributed by atoms with van der Waals surface area (Å²) in [5.74, 6) is 1.59. The van der Waals surface area contributed by atoms with Gasteiger partial charge in [0.2, 0.25) is 0 Å². The van der Waals surface area contributed by atoms with Gasteiger partial charge < -0.3 is 10.2 Å². The highest BCUT2D eigenvalue weighted by atomic mass is 15.3. The van der Waals surface area contributed by atoms with Gasteiger partial charge in [-0.2, -0.15) is 0 Å². The van der Waals surface area contributed by atoms with Crippen molar-refractivity contribution in [2.45, 2.75) is 34.1 Å². The lowest BCUT2D eigenvalue weighted by atomic mass is 10.0. The standard InChI is InChI=1S/C12H25N3/c1-9(2)8-10(3)11(4)14-12(13-5)15(6)7/h9H,8H2,1-7H3,(H,13,14)/b11-10+. The van der Waals surface area contributed by atoms with E-state index in [-0.39, 0.29) is 0 Å². The second-order valence-electron chi connectivity index (χ2n) is 4.54. The van der Waals surface area contributed by atoms with Crippen LogP contribution in [0.4, 0.5) is 0 Å². The van der Waals surface area contributed by atoms with Crippen LogP contribution in [0.15, 0.2) is 16.3 Å². The van der Waals surface area contributed by atoms with Crippen LogP contribution in [-0.2, 0) is 0 Å². The Labute approximate surface area is 94.3 Å². The third-order valence-corrected chi connectivity index (χ3v) is 2.25. The topological polar surface area (TPSA) is 27.6 Å². The third-order valence-electron chi connectivity index (χ3n) is 2.25. The fourth-order valence-electron chi connectivity index (χ4n) is 1.39. The molecule has 15 heavy (non-hydrogen) atoms. The van der Waals surface area contributed by atoms with Crippen molar-refractivity contribution in [3.63, 3.8) is 0 Å². The molecule has 0 rings (SSSR count). The summed E-state index contributed by atoms with van der Waals surface area (Å²) in [5.41, 5.74) is 2.47. The van der Waals surface area contributed by atoms with Gasteiger partial charge in [-0.3, -0.25) is 0 Å². The molecular formula is C12H25N3. The molecule has 0 saturated carbocycles. The summed E-state index contributed by atoms with van der Waals surface area (Å²) in [7, 11) is 5.87. The summed E-state index contributed by atoms with van der Waals surface area (Å²) in [6.45, 7) is 8.68. The van der Waals surface area contributed by atoms with E-state index in [0.29, 0.717) is 5.92 Å². The van der Waals surface area contributed by atoms with Crippen LogP contribution in [0, 0.1) is 5.92 Å². The van der Waals surface area contributed by atoms with Gasteiger partial charge in [-0.25, -0.2) is 4.99 Å². The van der Waals surface area contributed by atoms with Gasteiger partial charge in [-0.1, -0.05) is 19.4 Å². The monoisotopic (exact) mass is 211 g/mol. The van der Waals surface area contributed by atoms with Crippen LogP contribution in [0.1, 0.15) is 34.1 Å². The van der Waals surface area contributed by atoms with Crippen LogP contribution >= 0.6 is 0 Å². The van der Waals surface area contributed by atoms with E-state index in [1.54, 1.807) is 0 Å². The van der Waals surface area contributed by atoms with Crippen molar-refractivity contribution >= 4 is 5.96 Å². The molecule has 0 spiro atoms. The molecule has 0 aliphatic heterocycles. The molecule has 0 aromatic rings. The number of nitrogens with zero attached hydrogens (tertiary/aromatic N) is 2. The Morgan fingerprint density at radius 2 is 1.80 bits per heavy atom. The molecule has 1 N–H and O–H groups in total. The van der Waals surface area contributed by atoms with Crippen LogP contribution in [0.25, 0.3) is 0 Å². The summed E-state index contributed by atoms with van der Waals surface area (Å²) < 4.78 is 0. The molecule has 0 fully saturated rings. The van der Waals surface area contributed by atoms with Gasteiger partial charge in [0.05, 0.1) is 0 Å². The van der Waals surface area contributed by atoms with Crippen LogP contribution in [0.3, 0.4) is 0 Å². The maximum Gasteiger partial charge on any atom is 0.198 e. The quantitative estimate of drug-likeness (QED) is 0.573. The Morgan fingerprint density at radius 3 is 2.13 bits per heavy atom. The van der Waals surface area contributed by atoms with Crippen molar-refractivity contribution < 1.29 is 0 Å². The molecule has 0 amide bonds. The largest absolute Gasteiger partial charge is 0.359 e. The van der Waals surface area contributed by atoms with Gasteiger partial charge in [-0.05, 0) is 26.2 Å². The van der Waals surface area contributed by atoms with Crippen LogP contribution in [0.5, 0.6) is 0 Å². The molecule has 0 aromatic carbocycles. The Bertz CT molecular complexity index is 250. The highest BCUT2D eigenvalue weighted by Gasteiger charge is 2.02. The predicted octanol–water partition coefficient (Wildman–Crippen LogP) is 2.46. The van der Waals surface area contributed by atoms with E-state index in [9.17, 15) is 0 Å². The average Bonchev–Trinajstić information content (AvgIpc) is 2.11. The number of hydrogen-bond acceptors (Lipinski definition) is 1. The minimum absolute atomic E-state index is 0.688. The lowest BCUT2D eigenvalue weighted by molar-refractivity contribution is 0.594. The number of aliphatic imine (C=N–C) groups is 1. The van der Waals surface area contributed by atoms with Crippen LogP contribution < -0.4 is 5.32 Å². The first-order valence-corrected chi connectivity index (χ1v) is 5.48. The molecule has 0 atom stereocenters. The summed E-state index contributed by atoms with van der Waals surface area (Å²) in [6.07, 6.45) is 1.11. The lowest BCUT2D eigenvalue weighted by Crippen LogP contribution is -2.33. The summed E-state index contributed by atoms with van der Waals surface area (Å²) in [6, 6.07) is 0. The zero-order chi connectivity index (χ0) is 12.0. The summed E-state index contributed by atoms with van der Waals surface area (Å²) >= 11 is 0. The van der Waals surface area contributed by atoms with Crippen molar-refractivity contribution in [1.82, 2.24) is 10.2 Å². The first-order valence-electron chi connectivity index (χ1n) is 5.48. The van der Waals surface area contributed by atoms with Gasteiger partial charge in [0.1, 0.15) is 0 Å². The molecule has 0 aliphatic carbocycles. The molecule has 0 radical (unpaired) electrons. The SMILES string of the molecule is CN/C(=N\C(C)=C(/C)CC(C)C)N(C)C. The fourth-order valence-corrected chi connectivity index (χ4v) is 1.39. The second kappa shape index (κ2) is 6.49. The Balaban J connectivity index is 4.74. The zero-order valence-corrected chi connectivity index (χ0v) is 11.2. The number of guanidine groups is 1. The number of allylic oxidation sites excluding steroid dienone is 2. The first-order chi connectivity index (χ1) is 6.88. The van der Waals surface area contributed by atoms with Gasteiger partial charge >= 0.3 is 0 Å². The molecule has 0 aromatic heterocycles. The Morgan fingerprint density at radius 1 is 1.27 bits per heavy atom. The van der Waals surface area contributed by atoms with Crippen molar-refractivity contribution in [2.24, 2.45) is 10.9 Å². The van der Waals surface area contributed by atoms with Gasteiger partial charge in [0.25, 0.3) is 0 Å². The molecule has 3 heteroatoms. The molecule has 0 bridgehead atoms. The van der Waals surface area contributed by atoms with Gasteiger partial charge in [-0.15, -0.1) is 0 Å². The van der Waals surface area contributed by atoms with Crippen LogP contribution in [0.2, 0.25) is 0 Å². The number of nitrogens with one attached hydrogen (secondary N) is 1. The second-order valence-corrected chi connectivity index (χ2v) is 4.54.